The first-order valence-electron chi connectivity index (χ1n) is 15.5. The van der Waals surface area contributed by atoms with Crippen LogP contribution in [0.15, 0.2) is 0 Å². The molecular weight excluding hydrogens is 576 g/mol. The Labute approximate surface area is 245 Å². The Bertz CT molecular complexity index is 705. The molecule has 250 valence electrons. The largest absolute Gasteiger partial charge is 0.466 e. The molecule has 0 fully saturated rings. The number of alkyl halides is 8. The van der Waals surface area contributed by atoms with E-state index in [1.165, 1.54) is 64.2 Å². The van der Waals surface area contributed by atoms with Crippen molar-refractivity contribution in [2.24, 2.45) is 0 Å². The molecule has 0 spiro atoms. The smallest absolute Gasteiger partial charge is 0.381 e. The van der Waals surface area contributed by atoms with Crippen LogP contribution in [0.1, 0.15) is 142 Å². The summed E-state index contributed by atoms with van der Waals surface area (Å²) in [4.78, 5) is 23.3. The van der Waals surface area contributed by atoms with Crippen molar-refractivity contribution < 1.29 is 54.2 Å². The maximum absolute atomic E-state index is 13.4. The van der Waals surface area contributed by atoms with E-state index in [-0.39, 0.29) is 12.4 Å². The molecule has 0 atom stereocenters. The Morgan fingerprint density at radius 1 is 0.548 bits per heavy atom. The Hall–Kier alpha value is -1.62. The van der Waals surface area contributed by atoms with E-state index in [2.05, 4.69) is 11.7 Å². The van der Waals surface area contributed by atoms with E-state index in [4.69, 9.17) is 4.74 Å². The molecule has 0 aromatic heterocycles. The maximum Gasteiger partial charge on any atom is 0.381 e. The molecule has 0 saturated carbocycles. The highest BCUT2D eigenvalue weighted by atomic mass is 19.4. The van der Waals surface area contributed by atoms with Gasteiger partial charge in [-0.25, -0.2) is 8.78 Å². The Balaban J connectivity index is 3.64. The SMILES string of the molecule is CCCCCCCCCCCCCCCOC(=O)CCCCCCCCC(=O)OCC(F)(F)C(F)(F)C(F)(F)C(F)F. The fraction of sp³-hybridized carbons (Fsp3) is 0.933. The van der Waals surface area contributed by atoms with Gasteiger partial charge in [-0.2, -0.15) is 26.3 Å². The van der Waals surface area contributed by atoms with E-state index in [0.717, 1.165) is 32.1 Å². The summed E-state index contributed by atoms with van der Waals surface area (Å²) in [6.45, 7) is 0.213. The Morgan fingerprint density at radius 2 is 0.905 bits per heavy atom. The molecule has 0 rings (SSSR count). The molecule has 0 amide bonds. The first-order valence-corrected chi connectivity index (χ1v) is 15.5. The van der Waals surface area contributed by atoms with Gasteiger partial charge in [-0.15, -0.1) is 0 Å². The molecule has 0 saturated heterocycles. The summed E-state index contributed by atoms with van der Waals surface area (Å²) in [5.41, 5.74) is 0. The first kappa shape index (κ1) is 40.4. The number of rotatable bonds is 28. The van der Waals surface area contributed by atoms with Gasteiger partial charge in [0.2, 0.25) is 0 Å². The second-order valence-electron chi connectivity index (χ2n) is 10.9. The zero-order chi connectivity index (χ0) is 31.9. The molecule has 0 bridgehead atoms. The molecule has 0 aliphatic rings. The summed E-state index contributed by atoms with van der Waals surface area (Å²) in [5.74, 6) is -19.9. The van der Waals surface area contributed by atoms with Gasteiger partial charge < -0.3 is 9.47 Å². The van der Waals surface area contributed by atoms with Gasteiger partial charge in [-0.1, -0.05) is 110 Å². The standard InChI is InChI=1S/C30H50F8O4/c1-2-3-4-5-6-7-8-9-10-11-14-17-20-23-41-25(39)21-18-15-12-13-16-19-22-26(40)42-24-28(33,34)30(37,38)29(35,36)27(31)32/h27H,2-24H2,1H3. The number of esters is 2. The van der Waals surface area contributed by atoms with Crippen molar-refractivity contribution in [3.05, 3.63) is 0 Å². The summed E-state index contributed by atoms with van der Waals surface area (Å²) in [6.07, 6.45) is 14.4. The number of halogens is 8. The summed E-state index contributed by atoms with van der Waals surface area (Å²) in [6, 6.07) is 0. The highest BCUT2D eigenvalue weighted by molar-refractivity contribution is 5.69. The van der Waals surface area contributed by atoms with Gasteiger partial charge in [-0.05, 0) is 19.3 Å². The molecule has 42 heavy (non-hydrogen) atoms. The lowest BCUT2D eigenvalue weighted by molar-refractivity contribution is -0.344. The van der Waals surface area contributed by atoms with E-state index in [1.807, 2.05) is 0 Å². The van der Waals surface area contributed by atoms with Crippen LogP contribution in [0, 0.1) is 0 Å². The van der Waals surface area contributed by atoms with Gasteiger partial charge in [0.1, 0.15) is 0 Å². The predicted molar refractivity (Wildman–Crippen MR) is 145 cm³/mol. The summed E-state index contributed by atoms with van der Waals surface area (Å²) < 4.78 is 112. The van der Waals surface area contributed by atoms with Crippen LogP contribution in [0.2, 0.25) is 0 Å². The molecule has 0 aromatic rings. The molecular formula is C30H50F8O4. The molecule has 0 radical (unpaired) electrons. The van der Waals surface area contributed by atoms with Crippen LogP contribution in [0.5, 0.6) is 0 Å². The van der Waals surface area contributed by atoms with Crippen molar-refractivity contribution in [2.75, 3.05) is 13.2 Å². The summed E-state index contributed by atoms with van der Waals surface area (Å²) in [5, 5.41) is 0. The normalized spacial score (nSPS) is 12.6. The fourth-order valence-corrected chi connectivity index (χ4v) is 4.34. The van der Waals surface area contributed by atoms with Gasteiger partial charge in [-0.3, -0.25) is 9.59 Å². The van der Waals surface area contributed by atoms with Crippen LogP contribution in [0.4, 0.5) is 35.1 Å². The van der Waals surface area contributed by atoms with Crippen molar-refractivity contribution >= 4 is 11.9 Å². The topological polar surface area (TPSA) is 52.6 Å². The molecule has 0 aliphatic heterocycles. The van der Waals surface area contributed by atoms with Crippen molar-refractivity contribution in [2.45, 2.75) is 166 Å². The number of hydrogen-bond donors (Lipinski definition) is 0. The lowest BCUT2D eigenvalue weighted by Crippen LogP contribution is -2.59. The molecule has 0 aliphatic carbocycles. The molecule has 12 heteroatoms. The molecule has 0 unspecified atom stereocenters. The van der Waals surface area contributed by atoms with Crippen LogP contribution in [0.3, 0.4) is 0 Å². The lowest BCUT2D eigenvalue weighted by Gasteiger charge is -2.31. The van der Waals surface area contributed by atoms with Crippen LogP contribution < -0.4 is 0 Å². The van der Waals surface area contributed by atoms with E-state index in [1.54, 1.807) is 0 Å². The number of carbonyl (C=O) groups is 2. The third-order valence-corrected chi connectivity index (χ3v) is 7.09. The Kier molecular flexibility index (Phi) is 22.0. The van der Waals surface area contributed by atoms with E-state index < -0.39 is 43.2 Å². The van der Waals surface area contributed by atoms with Gasteiger partial charge in [0.05, 0.1) is 6.61 Å². The van der Waals surface area contributed by atoms with Crippen molar-refractivity contribution in [1.82, 2.24) is 0 Å². The molecule has 0 N–H and O–H groups in total. The maximum atomic E-state index is 13.4. The highest BCUT2D eigenvalue weighted by Crippen LogP contribution is 2.48. The van der Waals surface area contributed by atoms with Crippen LogP contribution >= 0.6 is 0 Å². The quantitative estimate of drug-likeness (QED) is 0.0493. The van der Waals surface area contributed by atoms with Crippen LogP contribution in [0.25, 0.3) is 0 Å². The minimum absolute atomic E-state index is 0.176. The number of unbranched alkanes of at least 4 members (excludes halogenated alkanes) is 17. The number of hydrogen-bond acceptors (Lipinski definition) is 4. The van der Waals surface area contributed by atoms with Gasteiger partial charge in [0.15, 0.2) is 6.61 Å². The van der Waals surface area contributed by atoms with E-state index >= 15 is 0 Å². The zero-order valence-corrected chi connectivity index (χ0v) is 25.0. The number of ether oxygens (including phenoxy) is 2. The number of carbonyl (C=O) groups excluding carboxylic acids is 2. The van der Waals surface area contributed by atoms with Gasteiger partial charge in [0.25, 0.3) is 0 Å². The average Bonchev–Trinajstić information content (AvgIpc) is 2.93. The van der Waals surface area contributed by atoms with Crippen LogP contribution in [-0.4, -0.2) is 49.3 Å². The van der Waals surface area contributed by atoms with Crippen molar-refractivity contribution in [1.29, 1.82) is 0 Å². The zero-order valence-electron chi connectivity index (χ0n) is 25.0. The third-order valence-electron chi connectivity index (χ3n) is 7.09. The summed E-state index contributed by atoms with van der Waals surface area (Å²) in [7, 11) is 0. The average molecular weight is 627 g/mol. The second-order valence-corrected chi connectivity index (χ2v) is 10.9. The molecule has 0 heterocycles. The lowest BCUT2D eigenvalue weighted by atomic mass is 10.0. The van der Waals surface area contributed by atoms with Gasteiger partial charge in [0, 0.05) is 12.8 Å². The minimum Gasteiger partial charge on any atom is -0.466 e. The molecule has 0 aromatic carbocycles. The summed E-state index contributed by atoms with van der Waals surface area (Å²) >= 11 is 0. The van der Waals surface area contributed by atoms with Crippen molar-refractivity contribution in [3.8, 4) is 0 Å². The minimum atomic E-state index is -6.40. The van der Waals surface area contributed by atoms with Crippen LogP contribution in [-0.2, 0) is 19.1 Å². The van der Waals surface area contributed by atoms with E-state index in [9.17, 15) is 44.7 Å². The molecule has 4 nitrogen and oxygen atoms in total. The first-order chi connectivity index (χ1) is 19.8. The predicted octanol–water partition coefficient (Wildman–Crippen LogP) is 10.5. The van der Waals surface area contributed by atoms with Crippen molar-refractivity contribution in [3.63, 3.8) is 0 Å². The van der Waals surface area contributed by atoms with E-state index in [0.29, 0.717) is 32.3 Å². The van der Waals surface area contributed by atoms with Gasteiger partial charge >= 0.3 is 36.1 Å². The Morgan fingerprint density at radius 3 is 1.31 bits per heavy atom. The second kappa shape index (κ2) is 22.9. The highest BCUT2D eigenvalue weighted by Gasteiger charge is 2.75. The fourth-order valence-electron chi connectivity index (χ4n) is 4.34. The third kappa shape index (κ3) is 17.5. The monoisotopic (exact) mass is 626 g/mol.